The molecule has 1 aliphatic rings. The van der Waals surface area contributed by atoms with Gasteiger partial charge >= 0.3 is 0 Å². The Labute approximate surface area is 157 Å². The maximum absolute atomic E-state index is 14.8. The average molecular weight is 377 g/mol. The van der Waals surface area contributed by atoms with Gasteiger partial charge < -0.3 is 15.4 Å². The highest BCUT2D eigenvalue weighted by molar-refractivity contribution is 6.32. The smallest absolute Gasteiger partial charge is 0.253 e. The highest BCUT2D eigenvalue weighted by Crippen LogP contribution is 2.36. The maximum Gasteiger partial charge on any atom is 0.253 e. The minimum atomic E-state index is -0.567. The highest BCUT2D eigenvalue weighted by atomic mass is 35.5. The van der Waals surface area contributed by atoms with E-state index in [0.29, 0.717) is 23.3 Å². The summed E-state index contributed by atoms with van der Waals surface area (Å²) in [5.74, 6) is -0.318. The molecule has 1 amide bonds. The lowest BCUT2D eigenvalue weighted by Crippen LogP contribution is -2.27. The van der Waals surface area contributed by atoms with Crippen LogP contribution in [-0.2, 0) is 0 Å². The molecule has 1 saturated heterocycles. The van der Waals surface area contributed by atoms with E-state index in [4.69, 9.17) is 22.1 Å². The zero-order valence-electron chi connectivity index (χ0n) is 14.7. The molecule has 0 bridgehead atoms. The van der Waals surface area contributed by atoms with Crippen molar-refractivity contribution in [2.75, 3.05) is 13.1 Å². The third-order valence-corrected chi connectivity index (χ3v) is 4.91. The van der Waals surface area contributed by atoms with Crippen molar-refractivity contribution in [3.8, 4) is 11.5 Å². The third-order valence-electron chi connectivity index (χ3n) is 4.61. The molecular formula is C20H22ClFN2O2. The lowest BCUT2D eigenvalue weighted by atomic mass is 10.0. The van der Waals surface area contributed by atoms with E-state index in [9.17, 15) is 9.18 Å². The largest absolute Gasteiger partial charge is 0.453 e. The highest BCUT2D eigenvalue weighted by Gasteiger charge is 2.21. The summed E-state index contributed by atoms with van der Waals surface area (Å²) >= 11 is 6.12. The molecule has 6 heteroatoms. The number of hydrogen-bond donors (Lipinski definition) is 1. The maximum atomic E-state index is 14.8. The van der Waals surface area contributed by atoms with Gasteiger partial charge in [-0.1, -0.05) is 30.7 Å². The second-order valence-corrected chi connectivity index (χ2v) is 6.83. The molecule has 0 unspecified atom stereocenters. The zero-order valence-corrected chi connectivity index (χ0v) is 15.4. The van der Waals surface area contributed by atoms with E-state index in [1.54, 1.807) is 36.4 Å². The molecule has 2 N–H and O–H groups in total. The molecule has 0 radical (unpaired) electrons. The molecule has 1 heterocycles. The number of benzene rings is 2. The second kappa shape index (κ2) is 8.06. The molecule has 2 aromatic rings. The van der Waals surface area contributed by atoms with Gasteiger partial charge in [-0.2, -0.15) is 0 Å². The van der Waals surface area contributed by atoms with E-state index in [1.165, 1.54) is 0 Å². The number of nitrogens with two attached hydrogens (primary N) is 1. The van der Waals surface area contributed by atoms with Gasteiger partial charge in [-0.3, -0.25) is 4.79 Å². The Bertz CT molecular complexity index is 806. The van der Waals surface area contributed by atoms with Gasteiger partial charge in [0.15, 0.2) is 11.6 Å². The van der Waals surface area contributed by atoms with Crippen molar-refractivity contribution in [2.24, 2.45) is 5.73 Å². The van der Waals surface area contributed by atoms with Crippen LogP contribution in [0.1, 0.15) is 48.1 Å². The molecule has 0 aromatic heterocycles. The van der Waals surface area contributed by atoms with Gasteiger partial charge in [0.25, 0.3) is 5.91 Å². The van der Waals surface area contributed by atoms with Crippen LogP contribution in [0.3, 0.4) is 0 Å². The van der Waals surface area contributed by atoms with Gasteiger partial charge in [-0.25, -0.2) is 4.39 Å². The predicted octanol–water partition coefficient (Wildman–Crippen LogP) is 4.92. The summed E-state index contributed by atoms with van der Waals surface area (Å²) in [7, 11) is 0. The van der Waals surface area contributed by atoms with E-state index in [0.717, 1.165) is 25.9 Å². The number of carbonyl (C=O) groups is 1. The zero-order chi connectivity index (χ0) is 18.7. The number of nitrogens with zero attached hydrogens (tertiary/aromatic N) is 1. The van der Waals surface area contributed by atoms with Gasteiger partial charge in [0.05, 0.1) is 5.02 Å². The number of ether oxygens (including phenoxy) is 1. The summed E-state index contributed by atoms with van der Waals surface area (Å²) < 4.78 is 20.5. The van der Waals surface area contributed by atoms with Crippen LogP contribution >= 0.6 is 11.6 Å². The topological polar surface area (TPSA) is 55.6 Å². The molecular weight excluding hydrogens is 355 g/mol. The van der Waals surface area contributed by atoms with Crippen LogP contribution in [0.2, 0.25) is 5.02 Å². The second-order valence-electron chi connectivity index (χ2n) is 6.42. The first-order valence-electron chi connectivity index (χ1n) is 8.82. The fraction of sp³-hybridized carbons (Fsp3) is 0.350. The van der Waals surface area contributed by atoms with Crippen molar-refractivity contribution in [1.82, 2.24) is 4.90 Å². The molecule has 138 valence electrons. The number of hydrogen-bond acceptors (Lipinski definition) is 3. The van der Waals surface area contributed by atoms with E-state index >= 15 is 0 Å². The predicted molar refractivity (Wildman–Crippen MR) is 100 cm³/mol. The lowest BCUT2D eigenvalue weighted by molar-refractivity contribution is 0.0792. The molecule has 0 saturated carbocycles. The first-order chi connectivity index (χ1) is 12.5. The standard InChI is InChI=1S/C20H22ClFN2O2/c1-2-17(23)15-8-9-16(21)19(18(15)22)26-14-7-5-6-13(12-14)20(25)24-10-3-4-11-24/h5-9,12,17H,2-4,10-11,23H2,1H3/t17-/m0/s1. The van der Waals surface area contributed by atoms with Gasteiger partial charge in [-0.05, 0) is 43.5 Å². The molecule has 1 aliphatic heterocycles. The Morgan fingerprint density at radius 2 is 2.04 bits per heavy atom. The van der Waals surface area contributed by atoms with Crippen molar-refractivity contribution < 1.29 is 13.9 Å². The molecule has 0 spiro atoms. The molecule has 26 heavy (non-hydrogen) atoms. The fourth-order valence-electron chi connectivity index (χ4n) is 3.06. The number of halogens is 2. The summed E-state index contributed by atoms with van der Waals surface area (Å²) in [6, 6.07) is 9.45. The van der Waals surface area contributed by atoms with Gasteiger partial charge in [-0.15, -0.1) is 0 Å². The summed E-state index contributed by atoms with van der Waals surface area (Å²) in [6.07, 6.45) is 2.64. The Hall–Kier alpha value is -2.11. The molecule has 2 aromatic carbocycles. The van der Waals surface area contributed by atoms with Crippen LogP contribution in [0.15, 0.2) is 36.4 Å². The lowest BCUT2D eigenvalue weighted by Gasteiger charge is -2.17. The minimum absolute atomic E-state index is 0.0405. The Morgan fingerprint density at radius 1 is 1.31 bits per heavy atom. The van der Waals surface area contributed by atoms with Crippen LogP contribution in [0, 0.1) is 5.82 Å². The van der Waals surface area contributed by atoms with Crippen LogP contribution in [0.5, 0.6) is 11.5 Å². The normalized spacial score (nSPS) is 15.2. The van der Waals surface area contributed by atoms with Crippen molar-refractivity contribution in [1.29, 1.82) is 0 Å². The van der Waals surface area contributed by atoms with Gasteiger partial charge in [0, 0.05) is 30.3 Å². The molecule has 1 atom stereocenters. The summed E-state index contributed by atoms with van der Waals surface area (Å²) in [6.45, 7) is 3.41. The summed E-state index contributed by atoms with van der Waals surface area (Å²) in [4.78, 5) is 14.3. The molecule has 4 nitrogen and oxygen atoms in total. The van der Waals surface area contributed by atoms with Crippen molar-refractivity contribution in [3.63, 3.8) is 0 Å². The van der Waals surface area contributed by atoms with Crippen LogP contribution in [0.25, 0.3) is 0 Å². The monoisotopic (exact) mass is 376 g/mol. The van der Waals surface area contributed by atoms with Gasteiger partial charge in [0.2, 0.25) is 0 Å². The Balaban J connectivity index is 1.87. The molecule has 1 fully saturated rings. The van der Waals surface area contributed by atoms with Crippen molar-refractivity contribution >= 4 is 17.5 Å². The fourth-order valence-corrected chi connectivity index (χ4v) is 3.25. The van der Waals surface area contributed by atoms with E-state index in [1.807, 2.05) is 11.8 Å². The number of rotatable bonds is 5. The first kappa shape index (κ1) is 18.7. The Morgan fingerprint density at radius 3 is 2.73 bits per heavy atom. The SMILES string of the molecule is CC[C@H](N)c1ccc(Cl)c(Oc2cccc(C(=O)N3CCCC3)c2)c1F. The van der Waals surface area contributed by atoms with E-state index in [-0.39, 0.29) is 16.7 Å². The number of carbonyl (C=O) groups excluding carboxylic acids is 1. The van der Waals surface area contributed by atoms with Gasteiger partial charge in [0.1, 0.15) is 5.75 Å². The van der Waals surface area contributed by atoms with Crippen LogP contribution < -0.4 is 10.5 Å². The number of likely N-dealkylation sites (tertiary alicyclic amines) is 1. The van der Waals surface area contributed by atoms with E-state index in [2.05, 4.69) is 0 Å². The van der Waals surface area contributed by atoms with Crippen molar-refractivity contribution in [2.45, 2.75) is 32.2 Å². The van der Waals surface area contributed by atoms with Crippen LogP contribution in [0.4, 0.5) is 4.39 Å². The molecule has 3 rings (SSSR count). The molecule has 0 aliphatic carbocycles. The average Bonchev–Trinajstić information content (AvgIpc) is 3.19. The Kier molecular flexibility index (Phi) is 5.79. The first-order valence-corrected chi connectivity index (χ1v) is 9.19. The summed E-state index contributed by atoms with van der Waals surface area (Å²) in [5.41, 5.74) is 6.83. The summed E-state index contributed by atoms with van der Waals surface area (Å²) in [5, 5.41) is 0.158. The third kappa shape index (κ3) is 3.84. The van der Waals surface area contributed by atoms with Crippen molar-refractivity contribution in [3.05, 3.63) is 58.4 Å². The van der Waals surface area contributed by atoms with E-state index < -0.39 is 11.9 Å². The number of amides is 1. The quantitative estimate of drug-likeness (QED) is 0.806. The van der Waals surface area contributed by atoms with Crippen LogP contribution in [-0.4, -0.2) is 23.9 Å². The minimum Gasteiger partial charge on any atom is -0.453 e.